The number of phenolic OH excluding ortho intramolecular Hbond substituents is 1. The van der Waals surface area contributed by atoms with Gasteiger partial charge in [0.15, 0.2) is 10.5 Å². The van der Waals surface area contributed by atoms with Gasteiger partial charge >= 0.3 is 5.97 Å². The number of nitrogens with zero attached hydrogens (tertiary/aromatic N) is 3. The van der Waals surface area contributed by atoms with E-state index in [4.69, 9.17) is 26.9 Å². The normalized spacial score (nSPS) is 10.7. The van der Waals surface area contributed by atoms with Crippen LogP contribution in [0.25, 0.3) is 43.9 Å². The van der Waals surface area contributed by atoms with E-state index in [-0.39, 0.29) is 34.2 Å². The lowest BCUT2D eigenvalue weighted by Gasteiger charge is -2.18. The number of hydrogen-bond donors (Lipinski definition) is 4. The summed E-state index contributed by atoms with van der Waals surface area (Å²) < 4.78 is 11.1. The van der Waals surface area contributed by atoms with Crippen LogP contribution in [0.5, 0.6) is 5.75 Å². The molecule has 4 N–H and O–H groups in total. The molecular weight excluding hydrogens is 498 g/mol. The van der Waals surface area contributed by atoms with Crippen molar-refractivity contribution in [3.05, 3.63) is 80.8 Å². The molecule has 0 unspecified atom stereocenters. The van der Waals surface area contributed by atoms with Crippen LogP contribution < -0.4 is 16.1 Å². The first kappa shape index (κ1) is 25.5. The zero-order valence-corrected chi connectivity index (χ0v) is 20.1. The SMILES string of the molecule is [N-]=[N+]=NCCOCCNC(=S)Nc1ccc(-c2c3ccc(=O)cc-3oc3cc(O)ccc23)c(C(=O)O)c1. The summed E-state index contributed by atoms with van der Waals surface area (Å²) in [6.07, 6.45) is 0. The van der Waals surface area contributed by atoms with Crippen LogP contribution in [0.3, 0.4) is 0 Å². The largest absolute Gasteiger partial charge is 0.508 e. The van der Waals surface area contributed by atoms with Crippen molar-refractivity contribution in [2.45, 2.75) is 0 Å². The van der Waals surface area contributed by atoms with E-state index >= 15 is 0 Å². The fraction of sp³-hybridized carbons (Fsp3) is 0.160. The second kappa shape index (κ2) is 11.4. The summed E-state index contributed by atoms with van der Waals surface area (Å²) in [5, 5.41) is 30.1. The topological polar surface area (TPSA) is 170 Å². The Kier molecular flexibility index (Phi) is 7.84. The van der Waals surface area contributed by atoms with E-state index < -0.39 is 5.97 Å². The molecule has 0 saturated carbocycles. The van der Waals surface area contributed by atoms with Crippen molar-refractivity contribution < 1.29 is 24.2 Å². The molecule has 2 aromatic rings. The summed E-state index contributed by atoms with van der Waals surface area (Å²) in [7, 11) is 0. The number of ether oxygens (including phenoxy) is 1. The van der Waals surface area contributed by atoms with Gasteiger partial charge in [-0.25, -0.2) is 4.79 Å². The number of fused-ring (bicyclic) bond motifs is 2. The number of hydrogen-bond acceptors (Lipinski definition) is 7. The Morgan fingerprint density at radius 2 is 1.92 bits per heavy atom. The zero-order valence-electron chi connectivity index (χ0n) is 19.3. The molecular formula is C25H21N5O6S. The molecule has 0 bridgehead atoms. The summed E-state index contributed by atoms with van der Waals surface area (Å²) in [6.45, 7) is 1.26. The molecule has 0 amide bonds. The van der Waals surface area contributed by atoms with Gasteiger partial charge in [0.2, 0.25) is 0 Å². The number of azide groups is 1. The van der Waals surface area contributed by atoms with Crippen molar-refractivity contribution in [3.63, 3.8) is 0 Å². The average molecular weight is 520 g/mol. The average Bonchev–Trinajstić information content (AvgIpc) is 2.86. The lowest BCUT2D eigenvalue weighted by molar-refractivity contribution is 0.0697. The highest BCUT2D eigenvalue weighted by molar-refractivity contribution is 7.80. The van der Waals surface area contributed by atoms with Crippen LogP contribution in [-0.4, -0.2) is 47.6 Å². The number of aromatic carboxylic acids is 1. The zero-order chi connectivity index (χ0) is 26.4. The minimum absolute atomic E-state index is 0.00209. The molecule has 2 aromatic carbocycles. The molecule has 188 valence electrons. The van der Waals surface area contributed by atoms with Gasteiger partial charge in [-0.15, -0.1) is 0 Å². The van der Waals surface area contributed by atoms with Crippen molar-refractivity contribution in [2.24, 2.45) is 5.11 Å². The van der Waals surface area contributed by atoms with Gasteiger partial charge in [0, 0.05) is 52.3 Å². The maximum absolute atomic E-state index is 12.3. The Morgan fingerprint density at radius 1 is 1.11 bits per heavy atom. The molecule has 12 heteroatoms. The second-order valence-electron chi connectivity index (χ2n) is 7.83. The lowest BCUT2D eigenvalue weighted by Crippen LogP contribution is -2.31. The van der Waals surface area contributed by atoms with Gasteiger partial charge in [0.25, 0.3) is 0 Å². The van der Waals surface area contributed by atoms with E-state index in [0.29, 0.717) is 53.1 Å². The van der Waals surface area contributed by atoms with Gasteiger partial charge in [-0.3, -0.25) is 4.79 Å². The number of carbonyl (C=O) groups is 1. The van der Waals surface area contributed by atoms with E-state index in [1.807, 2.05) is 0 Å². The number of benzene rings is 3. The van der Waals surface area contributed by atoms with Gasteiger partial charge < -0.3 is 30.0 Å². The molecule has 0 radical (unpaired) electrons. The van der Waals surface area contributed by atoms with E-state index in [9.17, 15) is 19.8 Å². The molecule has 0 saturated heterocycles. The first-order chi connectivity index (χ1) is 17.9. The van der Waals surface area contributed by atoms with E-state index in [1.165, 1.54) is 30.3 Å². The number of phenols is 1. The van der Waals surface area contributed by atoms with E-state index in [0.717, 1.165) is 0 Å². The number of carboxylic acids is 1. The number of nitrogens with one attached hydrogen (secondary N) is 2. The quantitative estimate of drug-likeness (QED) is 0.0617. The summed E-state index contributed by atoms with van der Waals surface area (Å²) >= 11 is 5.28. The fourth-order valence-electron chi connectivity index (χ4n) is 3.83. The molecule has 11 nitrogen and oxygen atoms in total. The third-order valence-electron chi connectivity index (χ3n) is 5.38. The molecule has 0 spiro atoms. The lowest BCUT2D eigenvalue weighted by atomic mass is 9.90. The van der Waals surface area contributed by atoms with Crippen molar-refractivity contribution in [1.82, 2.24) is 5.32 Å². The highest BCUT2D eigenvalue weighted by Crippen LogP contribution is 2.42. The smallest absolute Gasteiger partial charge is 0.336 e. The first-order valence-corrected chi connectivity index (χ1v) is 11.5. The molecule has 0 fully saturated rings. The molecule has 1 heterocycles. The summed E-state index contributed by atoms with van der Waals surface area (Å²) in [5.74, 6) is -0.918. The van der Waals surface area contributed by atoms with Gasteiger partial charge in [0.1, 0.15) is 17.1 Å². The van der Waals surface area contributed by atoms with Crippen LogP contribution in [0.2, 0.25) is 0 Å². The molecule has 1 aliphatic carbocycles. The molecule has 0 aromatic heterocycles. The Morgan fingerprint density at radius 3 is 2.70 bits per heavy atom. The Labute approximate surface area is 215 Å². The van der Waals surface area contributed by atoms with Crippen molar-refractivity contribution in [2.75, 3.05) is 31.6 Å². The van der Waals surface area contributed by atoms with Gasteiger partial charge in [-0.1, -0.05) is 11.2 Å². The van der Waals surface area contributed by atoms with Crippen molar-refractivity contribution in [3.8, 4) is 28.2 Å². The minimum atomic E-state index is -1.16. The molecule has 2 aliphatic rings. The molecule has 1 aliphatic heterocycles. The maximum Gasteiger partial charge on any atom is 0.336 e. The second-order valence-corrected chi connectivity index (χ2v) is 8.24. The number of thiocarbonyl (C=S) groups is 1. The third-order valence-corrected chi connectivity index (χ3v) is 5.63. The highest BCUT2D eigenvalue weighted by atomic mass is 32.1. The van der Waals surface area contributed by atoms with Gasteiger partial charge in [0.05, 0.1) is 18.8 Å². The number of rotatable bonds is 9. The van der Waals surface area contributed by atoms with Crippen molar-refractivity contribution in [1.29, 1.82) is 0 Å². The minimum Gasteiger partial charge on any atom is -0.508 e. The van der Waals surface area contributed by atoms with Crippen molar-refractivity contribution >= 4 is 40.0 Å². The molecule has 37 heavy (non-hydrogen) atoms. The summed E-state index contributed by atoms with van der Waals surface area (Å²) in [6, 6.07) is 13.6. The predicted octanol–water partition coefficient (Wildman–Crippen LogP) is 4.58. The number of aromatic hydroxyl groups is 1. The summed E-state index contributed by atoms with van der Waals surface area (Å²) in [4.78, 5) is 26.9. The van der Waals surface area contributed by atoms with Gasteiger partial charge in [-0.05, 0) is 59.7 Å². The standard InChI is InChI=1S/C25H21N5O6S/c26-30-28-8-10-35-9-7-27-25(37)29-14-1-4-17(20(11-14)24(33)34)23-18-5-2-15(31)12-21(18)36-22-13-16(32)3-6-19(22)23/h1-6,11-13,31H,7-10H2,(H,33,34)(H2,27,29,37). The maximum atomic E-state index is 12.3. The van der Waals surface area contributed by atoms with Crippen LogP contribution in [0, 0.1) is 0 Å². The van der Waals surface area contributed by atoms with Crippen LogP contribution in [-0.2, 0) is 4.74 Å². The summed E-state index contributed by atoms with van der Waals surface area (Å²) in [5.41, 5.74) is 10.2. The van der Waals surface area contributed by atoms with Crippen LogP contribution in [0.15, 0.2) is 68.9 Å². The number of anilines is 1. The third kappa shape index (κ3) is 5.96. The molecule has 4 rings (SSSR count). The predicted molar refractivity (Wildman–Crippen MR) is 142 cm³/mol. The highest BCUT2D eigenvalue weighted by Gasteiger charge is 2.22. The molecule has 0 atom stereocenters. The Hall–Kier alpha value is -4.64. The van der Waals surface area contributed by atoms with Gasteiger partial charge in [-0.2, -0.15) is 0 Å². The van der Waals surface area contributed by atoms with Crippen LogP contribution in [0.1, 0.15) is 10.4 Å². The van der Waals surface area contributed by atoms with E-state index in [1.54, 1.807) is 24.3 Å². The van der Waals surface area contributed by atoms with E-state index in [2.05, 4.69) is 20.7 Å². The Bertz CT molecular complexity index is 1560. The monoisotopic (exact) mass is 519 g/mol. The van der Waals surface area contributed by atoms with Crippen LogP contribution >= 0.6 is 12.2 Å². The fourth-order valence-corrected chi connectivity index (χ4v) is 4.05. The first-order valence-electron chi connectivity index (χ1n) is 11.1. The Balaban J connectivity index is 1.64. The number of carboxylic acid groups (broad SMARTS) is 1. The van der Waals surface area contributed by atoms with Crippen LogP contribution in [0.4, 0.5) is 5.69 Å².